The van der Waals surface area contributed by atoms with E-state index in [0.29, 0.717) is 32.6 Å². The molecule has 0 aromatic rings. The van der Waals surface area contributed by atoms with E-state index in [1.165, 1.54) is 0 Å². The number of ether oxygens (including phenoxy) is 2. The second-order valence-corrected chi connectivity index (χ2v) is 2.46. The predicted molar refractivity (Wildman–Crippen MR) is 45.7 cm³/mol. The third-order valence-corrected chi connectivity index (χ3v) is 1.34. The zero-order valence-electron chi connectivity index (χ0n) is 7.54. The molecule has 0 unspecified atom stereocenters. The van der Waals surface area contributed by atoms with Crippen LogP contribution in [-0.4, -0.2) is 32.8 Å². The molecule has 0 aliphatic carbocycles. The maximum Gasteiger partial charge on any atom is 0.305 e. The molecule has 4 nitrogen and oxygen atoms in total. The lowest BCUT2D eigenvalue weighted by molar-refractivity contribution is -0.144. The van der Waals surface area contributed by atoms with Gasteiger partial charge in [-0.2, -0.15) is 0 Å². The highest BCUT2D eigenvalue weighted by molar-refractivity contribution is 5.69. The summed E-state index contributed by atoms with van der Waals surface area (Å²) in [5, 5.41) is 0. The first-order chi connectivity index (χ1) is 5.81. The fourth-order valence-corrected chi connectivity index (χ4v) is 0.708. The lowest BCUT2D eigenvalue weighted by Gasteiger charge is -2.02. The Balaban J connectivity index is 3.08. The van der Waals surface area contributed by atoms with Crippen molar-refractivity contribution in [3.63, 3.8) is 0 Å². The topological polar surface area (TPSA) is 61.5 Å². The zero-order valence-corrected chi connectivity index (χ0v) is 7.54. The van der Waals surface area contributed by atoms with Crippen molar-refractivity contribution in [3.05, 3.63) is 0 Å². The van der Waals surface area contributed by atoms with Gasteiger partial charge >= 0.3 is 5.97 Å². The number of hydrogen-bond donors (Lipinski definition) is 1. The number of hydrogen-bond acceptors (Lipinski definition) is 4. The van der Waals surface area contributed by atoms with Gasteiger partial charge in [-0.05, 0) is 13.0 Å². The van der Waals surface area contributed by atoms with Crippen LogP contribution in [0.2, 0.25) is 0 Å². The first kappa shape index (κ1) is 11.4. The Bertz CT molecular complexity index is 117. The fraction of sp³-hybridized carbons (Fsp3) is 0.875. The highest BCUT2D eigenvalue weighted by atomic mass is 16.5. The highest BCUT2D eigenvalue weighted by Crippen LogP contribution is 1.92. The quantitative estimate of drug-likeness (QED) is 0.446. The summed E-state index contributed by atoms with van der Waals surface area (Å²) in [4.78, 5) is 10.8. The Morgan fingerprint density at radius 2 is 2.08 bits per heavy atom. The minimum absolute atomic E-state index is 0.170. The summed E-state index contributed by atoms with van der Waals surface area (Å²) in [6.45, 7) is 1.61. The van der Waals surface area contributed by atoms with E-state index in [1.807, 2.05) is 0 Å². The maximum atomic E-state index is 10.8. The standard InChI is InChI=1S/C8H17NO3/c1-11-6-3-7-12-8(10)4-2-5-9/h2-7,9H2,1H3. The summed E-state index contributed by atoms with van der Waals surface area (Å²) >= 11 is 0. The molecule has 0 amide bonds. The van der Waals surface area contributed by atoms with E-state index < -0.39 is 0 Å². The van der Waals surface area contributed by atoms with Gasteiger partial charge < -0.3 is 15.2 Å². The Hall–Kier alpha value is -0.610. The molecular weight excluding hydrogens is 158 g/mol. The Morgan fingerprint density at radius 1 is 1.33 bits per heavy atom. The summed E-state index contributed by atoms with van der Waals surface area (Å²) in [5.41, 5.74) is 5.23. The average molecular weight is 175 g/mol. The maximum absolute atomic E-state index is 10.8. The van der Waals surface area contributed by atoms with Gasteiger partial charge in [0.1, 0.15) is 0 Å². The van der Waals surface area contributed by atoms with Gasteiger partial charge in [-0.1, -0.05) is 0 Å². The molecule has 4 heteroatoms. The van der Waals surface area contributed by atoms with E-state index in [0.717, 1.165) is 6.42 Å². The van der Waals surface area contributed by atoms with Crippen molar-refractivity contribution in [2.75, 3.05) is 26.9 Å². The highest BCUT2D eigenvalue weighted by Gasteiger charge is 2.00. The number of methoxy groups -OCH3 is 1. The van der Waals surface area contributed by atoms with Crippen molar-refractivity contribution < 1.29 is 14.3 Å². The summed E-state index contributed by atoms with van der Waals surface area (Å²) in [5.74, 6) is -0.170. The van der Waals surface area contributed by atoms with Gasteiger partial charge in [0.25, 0.3) is 0 Å². The zero-order chi connectivity index (χ0) is 9.23. The van der Waals surface area contributed by atoms with Crippen LogP contribution in [0.5, 0.6) is 0 Å². The molecule has 72 valence electrons. The fourth-order valence-electron chi connectivity index (χ4n) is 0.708. The van der Waals surface area contributed by atoms with Crippen molar-refractivity contribution in [1.29, 1.82) is 0 Å². The number of esters is 1. The molecule has 0 saturated carbocycles. The normalized spacial score (nSPS) is 9.83. The minimum atomic E-state index is -0.170. The van der Waals surface area contributed by atoms with Gasteiger partial charge in [0.15, 0.2) is 0 Å². The smallest absolute Gasteiger partial charge is 0.305 e. The molecule has 0 saturated heterocycles. The van der Waals surface area contributed by atoms with Crippen LogP contribution in [0.1, 0.15) is 19.3 Å². The molecule has 0 radical (unpaired) electrons. The SMILES string of the molecule is COCCCOC(=O)CCCN. The predicted octanol–water partition coefficient (Wildman–Crippen LogP) is 0.305. The van der Waals surface area contributed by atoms with Crippen molar-refractivity contribution in [1.82, 2.24) is 0 Å². The molecule has 0 fully saturated rings. The Morgan fingerprint density at radius 3 is 2.67 bits per heavy atom. The average Bonchev–Trinajstić information content (AvgIpc) is 2.09. The second-order valence-electron chi connectivity index (χ2n) is 2.46. The third kappa shape index (κ3) is 7.50. The molecule has 2 N–H and O–H groups in total. The van der Waals surface area contributed by atoms with Crippen LogP contribution in [0, 0.1) is 0 Å². The van der Waals surface area contributed by atoms with Gasteiger partial charge in [-0.25, -0.2) is 0 Å². The molecule has 0 aromatic carbocycles. The molecule has 0 heterocycles. The van der Waals surface area contributed by atoms with Gasteiger partial charge in [0.05, 0.1) is 6.61 Å². The van der Waals surface area contributed by atoms with Crippen LogP contribution in [0.15, 0.2) is 0 Å². The van der Waals surface area contributed by atoms with Gasteiger partial charge in [-0.15, -0.1) is 0 Å². The lowest BCUT2D eigenvalue weighted by Crippen LogP contribution is -2.09. The van der Waals surface area contributed by atoms with E-state index in [-0.39, 0.29) is 5.97 Å². The van der Waals surface area contributed by atoms with E-state index in [1.54, 1.807) is 7.11 Å². The number of rotatable bonds is 7. The molecule has 0 rings (SSSR count). The van der Waals surface area contributed by atoms with Gasteiger partial charge in [0, 0.05) is 26.6 Å². The summed E-state index contributed by atoms with van der Waals surface area (Å²) < 4.78 is 9.67. The molecule has 0 spiro atoms. The number of carbonyl (C=O) groups is 1. The van der Waals surface area contributed by atoms with E-state index in [9.17, 15) is 4.79 Å². The van der Waals surface area contributed by atoms with Crippen molar-refractivity contribution in [3.8, 4) is 0 Å². The lowest BCUT2D eigenvalue weighted by atomic mass is 10.3. The molecular formula is C8H17NO3. The van der Waals surface area contributed by atoms with Gasteiger partial charge in [-0.3, -0.25) is 4.79 Å². The number of nitrogens with two attached hydrogens (primary N) is 1. The first-order valence-electron chi connectivity index (χ1n) is 4.16. The van der Waals surface area contributed by atoms with E-state index >= 15 is 0 Å². The molecule has 0 aliphatic rings. The summed E-state index contributed by atoms with van der Waals surface area (Å²) in [7, 11) is 1.62. The van der Waals surface area contributed by atoms with Crippen LogP contribution in [0.25, 0.3) is 0 Å². The summed E-state index contributed by atoms with van der Waals surface area (Å²) in [6.07, 6.45) is 1.87. The van der Waals surface area contributed by atoms with Crippen LogP contribution in [0.3, 0.4) is 0 Å². The third-order valence-electron chi connectivity index (χ3n) is 1.34. The second kappa shape index (κ2) is 8.49. The first-order valence-corrected chi connectivity index (χ1v) is 4.16. The van der Waals surface area contributed by atoms with Crippen molar-refractivity contribution >= 4 is 5.97 Å². The van der Waals surface area contributed by atoms with Crippen LogP contribution in [0.4, 0.5) is 0 Å². The van der Waals surface area contributed by atoms with Crippen molar-refractivity contribution in [2.45, 2.75) is 19.3 Å². The van der Waals surface area contributed by atoms with E-state index in [4.69, 9.17) is 15.2 Å². The van der Waals surface area contributed by atoms with Crippen LogP contribution in [-0.2, 0) is 14.3 Å². The van der Waals surface area contributed by atoms with Crippen LogP contribution >= 0.6 is 0 Å². The van der Waals surface area contributed by atoms with Crippen molar-refractivity contribution in [2.24, 2.45) is 5.73 Å². The Kier molecular flexibility index (Phi) is 8.05. The monoisotopic (exact) mass is 175 g/mol. The summed E-state index contributed by atoms with van der Waals surface area (Å²) in [6, 6.07) is 0. The number of carbonyl (C=O) groups excluding carboxylic acids is 1. The molecule has 0 atom stereocenters. The van der Waals surface area contributed by atoms with E-state index in [2.05, 4.69) is 0 Å². The molecule has 0 bridgehead atoms. The minimum Gasteiger partial charge on any atom is -0.466 e. The largest absolute Gasteiger partial charge is 0.466 e. The molecule has 0 aliphatic heterocycles. The van der Waals surface area contributed by atoms with Gasteiger partial charge in [0.2, 0.25) is 0 Å². The Labute approximate surface area is 73.0 Å². The molecule has 0 aromatic heterocycles. The van der Waals surface area contributed by atoms with Crippen LogP contribution < -0.4 is 5.73 Å². The molecule has 12 heavy (non-hydrogen) atoms.